The minimum atomic E-state index is -4.80. The van der Waals surface area contributed by atoms with Gasteiger partial charge in [-0.05, 0) is 12.1 Å². The summed E-state index contributed by atoms with van der Waals surface area (Å²) in [6, 6.07) is 4.07. The Morgan fingerprint density at radius 3 is 2.44 bits per heavy atom. The number of aromatic nitrogens is 5. The van der Waals surface area contributed by atoms with Crippen molar-refractivity contribution in [1.82, 2.24) is 24.9 Å². The van der Waals surface area contributed by atoms with Crippen molar-refractivity contribution < 1.29 is 26.3 Å². The summed E-state index contributed by atoms with van der Waals surface area (Å²) in [5, 5.41) is 2.81. The van der Waals surface area contributed by atoms with Crippen molar-refractivity contribution in [3.63, 3.8) is 0 Å². The summed E-state index contributed by atoms with van der Waals surface area (Å²) < 4.78 is 69.6. The molecule has 1 aliphatic rings. The summed E-state index contributed by atoms with van der Waals surface area (Å²) in [7, 11) is -3.49. The number of alkyl halides is 3. The molecular weight excluding hydrogens is 477 g/mol. The molecule has 34 heavy (non-hydrogen) atoms. The molecule has 0 unspecified atom stereocenters. The van der Waals surface area contributed by atoms with Crippen molar-refractivity contribution >= 4 is 33.2 Å². The Kier molecular flexibility index (Phi) is 6.22. The van der Waals surface area contributed by atoms with Crippen LogP contribution in [0.5, 0.6) is 0 Å². The van der Waals surface area contributed by atoms with Crippen LogP contribution in [0.1, 0.15) is 5.69 Å². The van der Waals surface area contributed by atoms with Gasteiger partial charge in [0.2, 0.25) is 11.9 Å². The van der Waals surface area contributed by atoms with E-state index in [2.05, 4.69) is 30.2 Å². The Bertz CT molecular complexity index is 1300. The summed E-state index contributed by atoms with van der Waals surface area (Å²) in [6.07, 6.45) is -1.53. The van der Waals surface area contributed by atoms with E-state index in [9.17, 15) is 21.6 Å². The molecule has 0 saturated carbocycles. The van der Waals surface area contributed by atoms with Crippen LogP contribution in [0.4, 0.5) is 36.6 Å². The van der Waals surface area contributed by atoms with E-state index in [1.165, 1.54) is 24.4 Å². The monoisotopic (exact) mass is 496 g/mol. The molecule has 1 saturated heterocycles. The van der Waals surface area contributed by atoms with Gasteiger partial charge in [0, 0.05) is 37.2 Å². The molecule has 15 heteroatoms. The van der Waals surface area contributed by atoms with Crippen LogP contribution in [0.3, 0.4) is 0 Å². The number of pyridine rings is 1. The third kappa shape index (κ3) is 5.31. The Morgan fingerprint density at radius 1 is 1.09 bits per heavy atom. The molecule has 1 aliphatic heterocycles. The first-order valence-corrected chi connectivity index (χ1v) is 11.7. The first-order chi connectivity index (χ1) is 16.0. The maximum absolute atomic E-state index is 13.7. The number of halogens is 3. The van der Waals surface area contributed by atoms with Crippen LogP contribution in [-0.4, -0.2) is 65.9 Å². The molecule has 0 spiro atoms. The fourth-order valence-corrected chi connectivity index (χ4v) is 3.72. The highest BCUT2D eigenvalue weighted by Gasteiger charge is 2.37. The molecule has 0 radical (unpaired) electrons. The van der Waals surface area contributed by atoms with Gasteiger partial charge in [-0.25, -0.2) is 28.4 Å². The second-order valence-electron chi connectivity index (χ2n) is 7.31. The lowest BCUT2D eigenvalue weighted by Crippen LogP contribution is -2.37. The van der Waals surface area contributed by atoms with Gasteiger partial charge in [0.15, 0.2) is 20.6 Å². The SMILES string of the molecule is CS(=O)(=O)c1ccc(Nc2cc(-c3cnc(N)nc3C(F)(F)F)nc(N3CCOCC3)n2)cn1. The lowest BCUT2D eigenvalue weighted by Gasteiger charge is -2.27. The summed E-state index contributed by atoms with van der Waals surface area (Å²) >= 11 is 0. The predicted molar refractivity (Wildman–Crippen MR) is 116 cm³/mol. The Hall–Kier alpha value is -3.59. The van der Waals surface area contributed by atoms with Crippen LogP contribution in [-0.2, 0) is 20.8 Å². The fourth-order valence-electron chi connectivity index (χ4n) is 3.16. The molecule has 1 fully saturated rings. The van der Waals surface area contributed by atoms with Gasteiger partial charge in [0.1, 0.15) is 5.82 Å². The van der Waals surface area contributed by atoms with Crippen LogP contribution < -0.4 is 16.0 Å². The molecule has 180 valence electrons. The average molecular weight is 496 g/mol. The molecule has 3 aromatic heterocycles. The highest BCUT2D eigenvalue weighted by Crippen LogP contribution is 2.36. The zero-order valence-corrected chi connectivity index (χ0v) is 18.6. The number of hydrogen-bond donors (Lipinski definition) is 2. The van der Waals surface area contributed by atoms with Gasteiger partial charge in [-0.2, -0.15) is 18.2 Å². The van der Waals surface area contributed by atoms with E-state index in [0.29, 0.717) is 32.0 Å². The average Bonchev–Trinajstić information content (AvgIpc) is 2.78. The highest BCUT2D eigenvalue weighted by atomic mass is 32.2. The molecule has 0 aliphatic carbocycles. The zero-order valence-electron chi connectivity index (χ0n) is 17.7. The number of nitrogens with one attached hydrogen (secondary N) is 1. The van der Waals surface area contributed by atoms with Crippen LogP contribution in [0.15, 0.2) is 35.6 Å². The van der Waals surface area contributed by atoms with E-state index in [-0.39, 0.29) is 28.0 Å². The van der Waals surface area contributed by atoms with Gasteiger partial charge in [-0.1, -0.05) is 0 Å². The van der Waals surface area contributed by atoms with Crippen molar-refractivity contribution in [1.29, 1.82) is 0 Å². The number of hydrogen-bond acceptors (Lipinski definition) is 11. The highest BCUT2D eigenvalue weighted by molar-refractivity contribution is 7.90. The largest absolute Gasteiger partial charge is 0.434 e. The van der Waals surface area contributed by atoms with E-state index >= 15 is 0 Å². The molecule has 11 nitrogen and oxygen atoms in total. The van der Waals surface area contributed by atoms with Crippen molar-refractivity contribution in [3.05, 3.63) is 36.3 Å². The molecule has 0 aromatic carbocycles. The number of morpholine rings is 1. The second kappa shape index (κ2) is 8.98. The number of sulfone groups is 1. The molecular formula is C19H19F3N8O3S. The lowest BCUT2D eigenvalue weighted by molar-refractivity contribution is -0.140. The van der Waals surface area contributed by atoms with Gasteiger partial charge >= 0.3 is 6.18 Å². The summed E-state index contributed by atoms with van der Waals surface area (Å²) in [6.45, 7) is 1.70. The lowest BCUT2D eigenvalue weighted by atomic mass is 10.1. The van der Waals surface area contributed by atoms with Crippen LogP contribution in [0, 0.1) is 0 Å². The van der Waals surface area contributed by atoms with Crippen molar-refractivity contribution in [2.75, 3.05) is 48.5 Å². The molecule has 0 amide bonds. The smallest absolute Gasteiger partial charge is 0.378 e. The van der Waals surface area contributed by atoms with E-state index in [1.54, 1.807) is 4.90 Å². The van der Waals surface area contributed by atoms with Crippen molar-refractivity contribution in [2.45, 2.75) is 11.2 Å². The topological polar surface area (TPSA) is 149 Å². The third-order valence-corrected chi connectivity index (χ3v) is 5.75. The van der Waals surface area contributed by atoms with Crippen molar-refractivity contribution in [2.24, 2.45) is 0 Å². The quantitative estimate of drug-likeness (QED) is 0.533. The number of ether oxygens (including phenoxy) is 1. The maximum Gasteiger partial charge on any atom is 0.434 e. The van der Waals surface area contributed by atoms with Crippen molar-refractivity contribution in [3.8, 4) is 11.3 Å². The molecule has 0 atom stereocenters. The van der Waals surface area contributed by atoms with Crippen LogP contribution >= 0.6 is 0 Å². The number of nitrogens with two attached hydrogens (primary N) is 1. The molecule has 3 aromatic rings. The number of nitrogens with zero attached hydrogens (tertiary/aromatic N) is 6. The van der Waals surface area contributed by atoms with Gasteiger partial charge < -0.3 is 20.7 Å². The molecule has 0 bridgehead atoms. The number of rotatable bonds is 5. The van der Waals surface area contributed by atoms with E-state index in [4.69, 9.17) is 10.5 Å². The summed E-state index contributed by atoms with van der Waals surface area (Å²) in [4.78, 5) is 21.5. The van der Waals surface area contributed by atoms with Gasteiger partial charge in [-0.3, -0.25) is 0 Å². The fraction of sp³-hybridized carbons (Fsp3) is 0.316. The van der Waals surface area contributed by atoms with E-state index in [1.807, 2.05) is 0 Å². The first kappa shape index (κ1) is 23.6. The maximum atomic E-state index is 13.7. The molecule has 4 heterocycles. The molecule has 3 N–H and O–H groups in total. The normalized spacial score (nSPS) is 14.8. The van der Waals surface area contributed by atoms with Gasteiger partial charge in [-0.15, -0.1) is 0 Å². The van der Waals surface area contributed by atoms with Crippen LogP contribution in [0.25, 0.3) is 11.3 Å². The second-order valence-corrected chi connectivity index (χ2v) is 9.27. The Labute approximate surface area is 192 Å². The van der Waals surface area contributed by atoms with E-state index < -0.39 is 27.7 Å². The summed E-state index contributed by atoms with van der Waals surface area (Å²) in [5.41, 5.74) is 4.08. The van der Waals surface area contributed by atoms with Gasteiger partial charge in [0.25, 0.3) is 0 Å². The zero-order chi connectivity index (χ0) is 24.5. The van der Waals surface area contributed by atoms with Crippen LogP contribution in [0.2, 0.25) is 0 Å². The molecule has 4 rings (SSSR count). The third-order valence-electron chi connectivity index (χ3n) is 4.75. The first-order valence-electron chi connectivity index (χ1n) is 9.86. The predicted octanol–water partition coefficient (Wildman–Crippen LogP) is 1.91. The Morgan fingerprint density at radius 2 is 1.82 bits per heavy atom. The number of nitrogen functional groups attached to an aromatic ring is 1. The van der Waals surface area contributed by atoms with Gasteiger partial charge in [0.05, 0.1) is 30.8 Å². The minimum Gasteiger partial charge on any atom is -0.378 e. The van der Waals surface area contributed by atoms with E-state index in [0.717, 1.165) is 12.5 Å². The standard InChI is InChI=1S/C19H19F3N8O3S/c1-34(31,32)15-3-2-11(9-24-15)26-14-8-13(27-18(28-14)30-4-6-33-7-5-30)12-10-25-17(23)29-16(12)19(20,21)22/h2-3,8-10H,4-7H2,1H3,(H2,23,25,29)(H,26,27,28). The summed E-state index contributed by atoms with van der Waals surface area (Å²) in [5.74, 6) is -0.187. The Balaban J connectivity index is 1.78. The number of anilines is 4. The minimum absolute atomic E-state index is 0.0768.